The van der Waals surface area contributed by atoms with Gasteiger partial charge in [-0.05, 0) is 60.6 Å². The minimum absolute atomic E-state index is 0.00870. The summed E-state index contributed by atoms with van der Waals surface area (Å²) in [5.74, 6) is -0.296. The Balaban J connectivity index is 1.51. The van der Waals surface area contributed by atoms with Gasteiger partial charge < -0.3 is 25.1 Å². The van der Waals surface area contributed by atoms with E-state index in [1.165, 1.54) is 0 Å². The van der Waals surface area contributed by atoms with Gasteiger partial charge >= 0.3 is 6.09 Å². The molecule has 0 bridgehead atoms. The molecule has 0 saturated heterocycles. The number of benzene rings is 2. The van der Waals surface area contributed by atoms with E-state index >= 15 is 0 Å². The van der Waals surface area contributed by atoms with Gasteiger partial charge in [0.2, 0.25) is 11.8 Å². The van der Waals surface area contributed by atoms with E-state index in [9.17, 15) is 19.2 Å². The van der Waals surface area contributed by atoms with Crippen molar-refractivity contribution in [1.82, 2.24) is 15.5 Å². The molecule has 41 heavy (non-hydrogen) atoms. The fourth-order valence-corrected chi connectivity index (χ4v) is 5.29. The van der Waals surface area contributed by atoms with E-state index in [0.29, 0.717) is 41.6 Å². The first-order valence-corrected chi connectivity index (χ1v) is 14.9. The number of amides is 3. The predicted octanol–water partition coefficient (Wildman–Crippen LogP) is 5.72. The Kier molecular flexibility index (Phi) is 13.4. The van der Waals surface area contributed by atoms with Crippen LogP contribution in [0.15, 0.2) is 48.5 Å². The highest BCUT2D eigenvalue weighted by molar-refractivity contribution is 6.30. The van der Waals surface area contributed by atoms with Gasteiger partial charge in [-0.3, -0.25) is 9.59 Å². The topological polar surface area (TPSA) is 105 Å². The van der Waals surface area contributed by atoms with Crippen molar-refractivity contribution in [2.45, 2.75) is 76.5 Å². The number of nitrogens with zero attached hydrogens (tertiary/aromatic N) is 1. The summed E-state index contributed by atoms with van der Waals surface area (Å²) in [6.07, 6.45) is 6.61. The van der Waals surface area contributed by atoms with Crippen LogP contribution < -0.4 is 10.6 Å². The van der Waals surface area contributed by atoms with E-state index in [4.69, 9.17) is 27.9 Å². The Morgan fingerprint density at radius 1 is 1.00 bits per heavy atom. The van der Waals surface area contributed by atoms with Crippen LogP contribution in [0.3, 0.4) is 0 Å². The van der Waals surface area contributed by atoms with Crippen molar-refractivity contribution in [3.63, 3.8) is 0 Å². The quantitative estimate of drug-likeness (QED) is 0.269. The van der Waals surface area contributed by atoms with E-state index in [1.807, 2.05) is 24.3 Å². The van der Waals surface area contributed by atoms with Crippen LogP contribution in [0.2, 0.25) is 10.0 Å². The summed E-state index contributed by atoms with van der Waals surface area (Å²) < 4.78 is 5.34. The highest BCUT2D eigenvalue weighted by Gasteiger charge is 2.28. The molecule has 1 saturated carbocycles. The number of ether oxygens (including phenoxy) is 1. The molecule has 1 aliphatic rings. The lowest BCUT2D eigenvalue weighted by atomic mass is 9.84. The second kappa shape index (κ2) is 17.0. The minimum Gasteiger partial charge on any atom is -0.445 e. The van der Waals surface area contributed by atoms with Crippen LogP contribution in [0.5, 0.6) is 0 Å². The van der Waals surface area contributed by atoms with Gasteiger partial charge in [0.1, 0.15) is 18.9 Å². The summed E-state index contributed by atoms with van der Waals surface area (Å²) in [7, 11) is 1.71. The van der Waals surface area contributed by atoms with Crippen molar-refractivity contribution in [2.75, 3.05) is 13.6 Å². The van der Waals surface area contributed by atoms with Crippen LogP contribution in [0, 0.1) is 5.92 Å². The van der Waals surface area contributed by atoms with Gasteiger partial charge in [0.25, 0.3) is 0 Å². The average Bonchev–Trinajstić information content (AvgIpc) is 2.97. The number of nitrogens with one attached hydrogen (secondary N) is 2. The molecular weight excluding hydrogens is 565 g/mol. The summed E-state index contributed by atoms with van der Waals surface area (Å²) in [6.45, 7) is 0.526. The molecule has 0 radical (unpaired) electrons. The van der Waals surface area contributed by atoms with Crippen LogP contribution >= 0.6 is 23.2 Å². The van der Waals surface area contributed by atoms with E-state index in [0.717, 1.165) is 43.2 Å². The normalized spacial score (nSPS) is 14.9. The number of hydrogen-bond acceptors (Lipinski definition) is 5. The van der Waals surface area contributed by atoms with Gasteiger partial charge in [-0.15, -0.1) is 0 Å². The van der Waals surface area contributed by atoms with Gasteiger partial charge in [-0.25, -0.2) is 4.79 Å². The van der Waals surface area contributed by atoms with Crippen LogP contribution in [-0.4, -0.2) is 54.8 Å². The van der Waals surface area contributed by atoms with E-state index in [-0.39, 0.29) is 25.4 Å². The molecule has 0 aromatic heterocycles. The van der Waals surface area contributed by atoms with Crippen LogP contribution in [0.4, 0.5) is 4.79 Å². The van der Waals surface area contributed by atoms with Crippen LogP contribution in [-0.2, 0) is 32.1 Å². The lowest BCUT2D eigenvalue weighted by Crippen LogP contribution is -2.51. The molecule has 1 aliphatic carbocycles. The molecule has 222 valence electrons. The largest absolute Gasteiger partial charge is 0.445 e. The van der Waals surface area contributed by atoms with Gasteiger partial charge in [-0.1, -0.05) is 79.6 Å². The smallest absolute Gasteiger partial charge is 0.408 e. The van der Waals surface area contributed by atoms with Gasteiger partial charge in [-0.2, -0.15) is 0 Å². The van der Waals surface area contributed by atoms with Gasteiger partial charge in [0.15, 0.2) is 0 Å². The first kappa shape index (κ1) is 32.4. The van der Waals surface area contributed by atoms with Gasteiger partial charge in [0.05, 0.1) is 6.04 Å². The number of rotatable bonds is 14. The third-order valence-corrected chi connectivity index (χ3v) is 7.88. The van der Waals surface area contributed by atoms with Crippen LogP contribution in [0.1, 0.15) is 62.5 Å². The molecule has 0 unspecified atom stereocenters. The lowest BCUT2D eigenvalue weighted by molar-refractivity contribution is -0.131. The summed E-state index contributed by atoms with van der Waals surface area (Å²) in [4.78, 5) is 51.9. The van der Waals surface area contributed by atoms with Crippen LogP contribution in [0.25, 0.3) is 0 Å². The SMILES string of the molecule is CN(CCc1ccc(Cl)cc1)C(=O)CC[C@H](C=O)NC(=O)[C@@H](CC1CCCCC1)NC(=O)OCc1cccc(Cl)c1. The molecular formula is C31H39Cl2N3O5. The molecule has 10 heteroatoms. The first-order valence-electron chi connectivity index (χ1n) is 14.1. The number of hydrogen-bond donors (Lipinski definition) is 2. The monoisotopic (exact) mass is 603 g/mol. The number of aldehydes is 1. The Morgan fingerprint density at radius 3 is 2.41 bits per heavy atom. The molecule has 2 aromatic carbocycles. The third-order valence-electron chi connectivity index (χ3n) is 7.40. The Morgan fingerprint density at radius 2 is 1.73 bits per heavy atom. The zero-order valence-electron chi connectivity index (χ0n) is 23.5. The summed E-state index contributed by atoms with van der Waals surface area (Å²) in [5, 5.41) is 6.61. The van der Waals surface area contributed by atoms with Crippen molar-refractivity contribution in [2.24, 2.45) is 5.92 Å². The maximum Gasteiger partial charge on any atom is 0.408 e. The summed E-state index contributed by atoms with van der Waals surface area (Å²) in [6, 6.07) is 12.7. The number of alkyl carbamates (subject to hydrolysis) is 1. The second-order valence-electron chi connectivity index (χ2n) is 10.6. The molecule has 1 fully saturated rings. The molecule has 3 rings (SSSR count). The predicted molar refractivity (Wildman–Crippen MR) is 160 cm³/mol. The van der Waals surface area contributed by atoms with Crippen molar-refractivity contribution in [1.29, 1.82) is 0 Å². The third kappa shape index (κ3) is 11.7. The maximum absolute atomic E-state index is 13.2. The zero-order chi connectivity index (χ0) is 29.6. The standard InChI is InChI=1S/C31H39Cl2N3O5/c1-36(17-16-22-10-12-25(32)13-11-22)29(38)15-14-27(20-37)34-30(39)28(19-23-6-3-2-4-7-23)35-31(40)41-21-24-8-5-9-26(33)18-24/h5,8-13,18,20,23,27-28H,2-4,6-7,14-17,19,21H2,1H3,(H,34,39)(H,35,40)/t27-,28-/m1/s1. The fourth-order valence-electron chi connectivity index (χ4n) is 4.95. The van der Waals surface area contributed by atoms with Crippen molar-refractivity contribution >= 4 is 47.4 Å². The van der Waals surface area contributed by atoms with Gasteiger partial charge in [0, 0.05) is 30.1 Å². The molecule has 2 N–H and O–H groups in total. The molecule has 8 nitrogen and oxygen atoms in total. The number of halogens is 2. The molecule has 0 heterocycles. The lowest BCUT2D eigenvalue weighted by Gasteiger charge is -2.27. The maximum atomic E-state index is 13.2. The minimum atomic E-state index is -0.856. The Hall–Kier alpha value is -3.10. The van der Waals surface area contributed by atoms with E-state index in [2.05, 4.69) is 10.6 Å². The number of likely N-dealkylation sites (N-methyl/N-ethyl adjacent to an activating group) is 1. The Bertz CT molecular complexity index is 1150. The zero-order valence-corrected chi connectivity index (χ0v) is 25.0. The molecule has 2 atom stereocenters. The molecule has 0 aliphatic heterocycles. The first-order chi connectivity index (χ1) is 19.7. The molecule has 3 amide bonds. The van der Waals surface area contributed by atoms with Crippen molar-refractivity contribution < 1.29 is 23.9 Å². The molecule has 2 aromatic rings. The summed E-state index contributed by atoms with van der Waals surface area (Å²) in [5.41, 5.74) is 1.79. The fraction of sp³-hybridized carbons (Fsp3) is 0.484. The average molecular weight is 605 g/mol. The Labute approximate surface area is 252 Å². The number of carbonyl (C=O) groups excluding carboxylic acids is 4. The van der Waals surface area contributed by atoms with Crippen molar-refractivity contribution in [3.8, 4) is 0 Å². The van der Waals surface area contributed by atoms with E-state index < -0.39 is 24.1 Å². The highest BCUT2D eigenvalue weighted by Crippen LogP contribution is 2.27. The second-order valence-corrected chi connectivity index (χ2v) is 11.5. The van der Waals surface area contributed by atoms with E-state index in [1.54, 1.807) is 36.2 Å². The highest BCUT2D eigenvalue weighted by atomic mass is 35.5. The number of carbonyl (C=O) groups is 4. The molecule has 0 spiro atoms. The van der Waals surface area contributed by atoms with Crippen molar-refractivity contribution in [3.05, 3.63) is 69.7 Å². The summed E-state index contributed by atoms with van der Waals surface area (Å²) >= 11 is 11.9.